The molecule has 38 heavy (non-hydrogen) atoms. The van der Waals surface area contributed by atoms with E-state index in [-0.39, 0.29) is 16.9 Å². The monoisotopic (exact) mass is 527 g/mol. The summed E-state index contributed by atoms with van der Waals surface area (Å²) in [5.41, 5.74) is -0.352. The molecule has 1 aliphatic rings. The van der Waals surface area contributed by atoms with Crippen molar-refractivity contribution in [1.82, 2.24) is 20.9 Å². The number of imide groups is 1. The average molecular weight is 528 g/mol. The van der Waals surface area contributed by atoms with Gasteiger partial charge in [-0.2, -0.15) is 4.39 Å². The summed E-state index contributed by atoms with van der Waals surface area (Å²) in [6.07, 6.45) is -0.454. The minimum absolute atomic E-state index is 0.209. The number of nitrogens with one attached hydrogen (secondary N) is 3. The Balaban J connectivity index is 1.85. The first-order valence-corrected chi connectivity index (χ1v) is 11.7. The van der Waals surface area contributed by atoms with Gasteiger partial charge in [-0.15, -0.1) is 0 Å². The van der Waals surface area contributed by atoms with Gasteiger partial charge in [0.2, 0.25) is 23.7 Å². The van der Waals surface area contributed by atoms with Crippen molar-refractivity contribution >= 4 is 35.1 Å². The van der Waals surface area contributed by atoms with Crippen molar-refractivity contribution in [2.45, 2.75) is 39.3 Å². The molecule has 1 saturated heterocycles. The number of pyridine rings is 1. The summed E-state index contributed by atoms with van der Waals surface area (Å²) in [5, 5.41) is 18.5. The summed E-state index contributed by atoms with van der Waals surface area (Å²) in [6.45, 7) is 4.74. The molecule has 1 unspecified atom stereocenters. The van der Waals surface area contributed by atoms with Gasteiger partial charge in [-0.05, 0) is 23.6 Å². The summed E-state index contributed by atoms with van der Waals surface area (Å²) in [5.74, 6) is -7.01. The molecule has 3 N–H and O–H groups in total. The van der Waals surface area contributed by atoms with Gasteiger partial charge in [0.15, 0.2) is 5.78 Å². The lowest BCUT2D eigenvalue weighted by Gasteiger charge is -2.26. The quantitative estimate of drug-likeness (QED) is 0.137. The number of nitrogens with zero attached hydrogens (tertiary/aromatic N) is 2. The van der Waals surface area contributed by atoms with Crippen LogP contribution in [0.3, 0.4) is 0 Å². The van der Waals surface area contributed by atoms with Crippen LogP contribution < -0.4 is 16.0 Å². The number of non-ortho nitro benzene ring substituents is 1. The third-order valence-electron chi connectivity index (χ3n) is 6.16. The van der Waals surface area contributed by atoms with Crippen LogP contribution in [-0.2, 0) is 19.2 Å². The lowest BCUT2D eigenvalue weighted by atomic mass is 9.85. The Morgan fingerprint density at radius 1 is 1.11 bits per heavy atom. The van der Waals surface area contributed by atoms with E-state index in [0.29, 0.717) is 0 Å². The number of benzene rings is 1. The zero-order valence-corrected chi connectivity index (χ0v) is 20.8. The molecular weight excluding hydrogens is 501 g/mol. The van der Waals surface area contributed by atoms with E-state index in [0.717, 1.165) is 6.07 Å². The Bertz CT molecular complexity index is 1300. The Morgan fingerprint density at radius 3 is 2.37 bits per heavy atom. The SMILES string of the molecule is CC(C)[C@@H](NC(=O)CC(NC(=O)c1cccc(F)n1)c1cccc([N+](=O)[O-])c1)C(=O)[C@@H]1C(=O)NC(=O)[C@@H]1C. The molecule has 0 aliphatic carbocycles. The van der Waals surface area contributed by atoms with Crippen LogP contribution in [0.4, 0.5) is 10.1 Å². The Morgan fingerprint density at radius 2 is 1.79 bits per heavy atom. The van der Waals surface area contributed by atoms with Gasteiger partial charge in [-0.1, -0.05) is 39.0 Å². The lowest BCUT2D eigenvalue weighted by molar-refractivity contribution is -0.384. The maximum absolute atomic E-state index is 13.5. The van der Waals surface area contributed by atoms with Crippen LogP contribution in [-0.4, -0.2) is 45.4 Å². The third-order valence-corrected chi connectivity index (χ3v) is 6.16. The predicted octanol–water partition coefficient (Wildman–Crippen LogP) is 1.61. The van der Waals surface area contributed by atoms with Crippen LogP contribution in [0.25, 0.3) is 0 Å². The van der Waals surface area contributed by atoms with Gasteiger partial charge in [0, 0.05) is 12.1 Å². The fourth-order valence-corrected chi connectivity index (χ4v) is 4.12. The van der Waals surface area contributed by atoms with Crippen LogP contribution >= 0.6 is 0 Å². The molecule has 0 bridgehead atoms. The van der Waals surface area contributed by atoms with E-state index in [1.54, 1.807) is 13.8 Å². The number of aromatic nitrogens is 1. The first kappa shape index (κ1) is 28.0. The number of ketones is 1. The molecule has 2 aromatic rings. The van der Waals surface area contributed by atoms with Gasteiger partial charge < -0.3 is 10.6 Å². The Labute approximate surface area is 216 Å². The number of hydrogen-bond acceptors (Lipinski definition) is 8. The molecule has 0 spiro atoms. The molecule has 1 fully saturated rings. The summed E-state index contributed by atoms with van der Waals surface area (Å²) in [4.78, 5) is 77.1. The number of hydrogen-bond donors (Lipinski definition) is 3. The molecular formula is C25H26FN5O7. The topological polar surface area (TPSA) is 177 Å². The van der Waals surface area contributed by atoms with Gasteiger partial charge in [0.25, 0.3) is 11.6 Å². The van der Waals surface area contributed by atoms with Crippen molar-refractivity contribution in [1.29, 1.82) is 0 Å². The number of Topliss-reactive ketones (excluding diaryl/α,β-unsaturated/α-hetero) is 1. The maximum atomic E-state index is 13.5. The van der Waals surface area contributed by atoms with Crippen LogP contribution in [0.2, 0.25) is 0 Å². The zero-order valence-electron chi connectivity index (χ0n) is 20.8. The van der Waals surface area contributed by atoms with Crippen LogP contribution in [0.5, 0.6) is 0 Å². The number of rotatable bonds is 10. The predicted molar refractivity (Wildman–Crippen MR) is 130 cm³/mol. The molecule has 2 heterocycles. The third kappa shape index (κ3) is 6.41. The van der Waals surface area contributed by atoms with Crippen molar-refractivity contribution in [2.75, 3.05) is 0 Å². The second-order valence-corrected chi connectivity index (χ2v) is 9.24. The summed E-state index contributed by atoms with van der Waals surface area (Å²) >= 11 is 0. The highest BCUT2D eigenvalue weighted by molar-refractivity contribution is 6.16. The van der Waals surface area contributed by atoms with E-state index >= 15 is 0 Å². The summed E-state index contributed by atoms with van der Waals surface area (Å²) < 4.78 is 13.5. The first-order chi connectivity index (χ1) is 17.9. The maximum Gasteiger partial charge on any atom is 0.270 e. The largest absolute Gasteiger partial charge is 0.346 e. The highest BCUT2D eigenvalue weighted by Crippen LogP contribution is 2.25. The van der Waals surface area contributed by atoms with Gasteiger partial charge in [-0.25, -0.2) is 4.98 Å². The number of nitro groups is 1. The second kappa shape index (κ2) is 11.7. The number of carbonyl (C=O) groups excluding carboxylic acids is 5. The normalized spacial score (nSPS) is 18.4. The number of halogens is 1. The summed E-state index contributed by atoms with van der Waals surface area (Å²) in [7, 11) is 0. The minimum atomic E-state index is -1.26. The van der Waals surface area contributed by atoms with Crippen molar-refractivity contribution in [2.24, 2.45) is 17.8 Å². The fourth-order valence-electron chi connectivity index (χ4n) is 4.12. The van der Waals surface area contributed by atoms with Crippen molar-refractivity contribution in [3.05, 3.63) is 69.8 Å². The van der Waals surface area contributed by atoms with Crippen molar-refractivity contribution < 1.29 is 33.3 Å². The molecule has 3 rings (SSSR count). The number of carbonyl (C=O) groups is 5. The van der Waals surface area contributed by atoms with Gasteiger partial charge >= 0.3 is 0 Å². The number of nitro benzene ring substituents is 1. The smallest absolute Gasteiger partial charge is 0.270 e. The van der Waals surface area contributed by atoms with Gasteiger partial charge in [0.05, 0.1) is 29.3 Å². The van der Waals surface area contributed by atoms with E-state index in [9.17, 15) is 38.5 Å². The fraction of sp³-hybridized carbons (Fsp3) is 0.360. The Hall–Kier alpha value is -4.55. The second-order valence-electron chi connectivity index (χ2n) is 9.24. The average Bonchev–Trinajstić information content (AvgIpc) is 3.12. The molecule has 13 heteroatoms. The molecule has 4 amide bonds. The van der Waals surface area contributed by atoms with Crippen molar-refractivity contribution in [3.8, 4) is 0 Å². The Kier molecular flexibility index (Phi) is 8.61. The molecule has 0 radical (unpaired) electrons. The molecule has 0 saturated carbocycles. The van der Waals surface area contributed by atoms with E-state index < -0.39 is 76.5 Å². The highest BCUT2D eigenvalue weighted by atomic mass is 19.1. The molecule has 4 atom stereocenters. The number of amides is 4. The lowest BCUT2D eigenvalue weighted by Crippen LogP contribution is -2.49. The summed E-state index contributed by atoms with van der Waals surface area (Å²) in [6, 6.07) is 6.58. The highest BCUT2D eigenvalue weighted by Gasteiger charge is 2.46. The minimum Gasteiger partial charge on any atom is -0.346 e. The van der Waals surface area contributed by atoms with Crippen LogP contribution in [0.1, 0.15) is 49.3 Å². The van der Waals surface area contributed by atoms with Gasteiger partial charge in [0.1, 0.15) is 11.6 Å². The van der Waals surface area contributed by atoms with E-state index in [2.05, 4.69) is 20.9 Å². The zero-order chi connectivity index (χ0) is 28.1. The molecule has 200 valence electrons. The van der Waals surface area contributed by atoms with Crippen LogP contribution in [0.15, 0.2) is 42.5 Å². The molecule has 1 aliphatic heterocycles. The first-order valence-electron chi connectivity index (χ1n) is 11.7. The van der Waals surface area contributed by atoms with Crippen molar-refractivity contribution in [3.63, 3.8) is 0 Å². The standard InChI is InChI=1S/C25H26FN5O7/c1-12(2)21(22(33)20-13(3)23(34)30-25(20)36)29-19(32)11-17(14-6-4-7-15(10-14)31(37)38)28-24(35)16-8-5-9-18(26)27-16/h4-10,12-13,17,20-21H,11H2,1-3H3,(H,28,35)(H,29,32)(H,30,34,36)/t13-,17?,20-,21-/m1/s1. The molecule has 1 aromatic carbocycles. The van der Waals surface area contributed by atoms with Gasteiger partial charge in [-0.3, -0.25) is 39.4 Å². The van der Waals surface area contributed by atoms with E-state index in [1.165, 1.54) is 43.3 Å². The van der Waals surface area contributed by atoms with E-state index in [1.807, 2.05) is 0 Å². The molecule has 12 nitrogen and oxygen atoms in total. The molecule has 1 aromatic heterocycles. The van der Waals surface area contributed by atoms with Crippen LogP contribution in [0, 0.1) is 33.8 Å². The van der Waals surface area contributed by atoms with E-state index in [4.69, 9.17) is 0 Å².